The molecule has 0 spiro atoms. The summed E-state index contributed by atoms with van der Waals surface area (Å²) in [7, 11) is 0. The minimum absolute atomic E-state index is 0.0873. The summed E-state index contributed by atoms with van der Waals surface area (Å²) in [6, 6.07) is 8.07. The molecule has 0 aliphatic heterocycles. The third-order valence-corrected chi connectivity index (χ3v) is 6.48. The summed E-state index contributed by atoms with van der Waals surface area (Å²) in [6.07, 6.45) is 3.53. The van der Waals surface area contributed by atoms with Crippen LogP contribution in [0.15, 0.2) is 24.3 Å². The first-order valence-electron chi connectivity index (χ1n) is 8.82. The van der Waals surface area contributed by atoms with Crippen LogP contribution in [0.2, 0.25) is 5.02 Å². The van der Waals surface area contributed by atoms with E-state index < -0.39 is 0 Å². The molecule has 0 saturated carbocycles. The number of halogens is 1. The second-order valence-electron chi connectivity index (χ2n) is 7.04. The zero-order valence-electron chi connectivity index (χ0n) is 14.8. The van der Waals surface area contributed by atoms with Crippen LogP contribution in [0.25, 0.3) is 10.2 Å². The van der Waals surface area contributed by atoms with Crippen molar-refractivity contribution in [2.75, 3.05) is 5.32 Å². The van der Waals surface area contributed by atoms with Crippen molar-refractivity contribution >= 4 is 39.0 Å². The fourth-order valence-corrected chi connectivity index (χ4v) is 5.39. The predicted molar refractivity (Wildman–Crippen MR) is 107 cm³/mol. The standard InChI is InChI=1S/C20H22ClN3S/c1-11-8-9-15-17(10-11)25-20-18(15)19(23-13(3)24-20)22-12(2)14-6-4-5-7-16(14)21/h4-7,11-12H,8-10H2,1-3H3,(H,22,23,24). The first kappa shape index (κ1) is 16.8. The molecule has 4 rings (SSSR count). The maximum absolute atomic E-state index is 6.37. The van der Waals surface area contributed by atoms with E-state index in [1.54, 1.807) is 0 Å². The van der Waals surface area contributed by atoms with Crippen LogP contribution in [0, 0.1) is 12.8 Å². The molecule has 0 bridgehead atoms. The monoisotopic (exact) mass is 371 g/mol. The third kappa shape index (κ3) is 3.13. The Labute approximate surface area is 157 Å². The van der Waals surface area contributed by atoms with Gasteiger partial charge in [0, 0.05) is 9.90 Å². The van der Waals surface area contributed by atoms with E-state index in [-0.39, 0.29) is 6.04 Å². The number of aromatic nitrogens is 2. The average Bonchev–Trinajstić information content (AvgIpc) is 2.92. The molecule has 2 aromatic heterocycles. The van der Waals surface area contributed by atoms with Gasteiger partial charge in [0.25, 0.3) is 0 Å². The number of benzene rings is 1. The number of fused-ring (bicyclic) bond motifs is 3. The Balaban J connectivity index is 1.78. The van der Waals surface area contributed by atoms with Crippen molar-refractivity contribution in [1.29, 1.82) is 0 Å². The summed E-state index contributed by atoms with van der Waals surface area (Å²) in [5, 5.41) is 5.60. The minimum atomic E-state index is 0.0873. The fourth-order valence-electron chi connectivity index (χ4n) is 3.66. The molecule has 0 radical (unpaired) electrons. The Bertz CT molecular complexity index is 934. The van der Waals surface area contributed by atoms with E-state index in [2.05, 4.69) is 25.2 Å². The Hall–Kier alpha value is -1.65. The van der Waals surface area contributed by atoms with Gasteiger partial charge in [0.2, 0.25) is 0 Å². The molecule has 0 saturated heterocycles. The van der Waals surface area contributed by atoms with E-state index in [0.717, 1.165) is 45.8 Å². The largest absolute Gasteiger partial charge is 0.363 e. The molecule has 130 valence electrons. The van der Waals surface area contributed by atoms with Crippen LogP contribution in [-0.2, 0) is 12.8 Å². The van der Waals surface area contributed by atoms with Gasteiger partial charge in [-0.3, -0.25) is 0 Å². The van der Waals surface area contributed by atoms with Gasteiger partial charge < -0.3 is 5.32 Å². The highest BCUT2D eigenvalue weighted by Gasteiger charge is 2.24. The van der Waals surface area contributed by atoms with Crippen molar-refractivity contribution in [3.8, 4) is 0 Å². The molecule has 2 heterocycles. The van der Waals surface area contributed by atoms with Crippen LogP contribution in [0.4, 0.5) is 5.82 Å². The second kappa shape index (κ2) is 6.58. The van der Waals surface area contributed by atoms with Crippen molar-refractivity contribution in [2.24, 2.45) is 5.92 Å². The van der Waals surface area contributed by atoms with Gasteiger partial charge in [-0.1, -0.05) is 36.7 Å². The average molecular weight is 372 g/mol. The number of nitrogens with one attached hydrogen (secondary N) is 1. The van der Waals surface area contributed by atoms with Crippen molar-refractivity contribution in [2.45, 2.75) is 46.1 Å². The summed E-state index contributed by atoms with van der Waals surface area (Å²) in [4.78, 5) is 12.0. The van der Waals surface area contributed by atoms with Gasteiger partial charge in [0.15, 0.2) is 0 Å². The molecular weight excluding hydrogens is 350 g/mol. The van der Waals surface area contributed by atoms with E-state index in [4.69, 9.17) is 21.6 Å². The lowest BCUT2D eigenvalue weighted by atomic mass is 9.89. The van der Waals surface area contributed by atoms with Crippen molar-refractivity contribution in [1.82, 2.24) is 9.97 Å². The Morgan fingerprint density at radius 1 is 1.28 bits per heavy atom. The SMILES string of the molecule is Cc1nc(NC(C)c2ccccc2Cl)c2c3c(sc2n1)CC(C)CC3. The molecule has 1 aromatic carbocycles. The van der Waals surface area contributed by atoms with Crippen LogP contribution in [-0.4, -0.2) is 9.97 Å². The third-order valence-electron chi connectivity index (χ3n) is 4.99. The van der Waals surface area contributed by atoms with Crippen molar-refractivity contribution < 1.29 is 0 Å². The molecular formula is C20H22ClN3S. The number of rotatable bonds is 3. The molecule has 1 aliphatic carbocycles. The van der Waals surface area contributed by atoms with Gasteiger partial charge in [-0.2, -0.15) is 0 Å². The van der Waals surface area contributed by atoms with Gasteiger partial charge in [-0.05, 0) is 56.2 Å². The lowest BCUT2D eigenvalue weighted by Gasteiger charge is -2.20. The summed E-state index contributed by atoms with van der Waals surface area (Å²) >= 11 is 8.22. The van der Waals surface area contributed by atoms with E-state index >= 15 is 0 Å². The Morgan fingerprint density at radius 2 is 2.08 bits per heavy atom. The zero-order chi connectivity index (χ0) is 17.6. The molecule has 1 N–H and O–H groups in total. The molecule has 5 heteroatoms. The first-order valence-corrected chi connectivity index (χ1v) is 10.0. The van der Waals surface area contributed by atoms with Gasteiger partial charge >= 0.3 is 0 Å². The number of hydrogen-bond acceptors (Lipinski definition) is 4. The lowest BCUT2D eigenvalue weighted by molar-refractivity contribution is 0.509. The van der Waals surface area contributed by atoms with E-state index in [1.165, 1.54) is 22.2 Å². The van der Waals surface area contributed by atoms with Gasteiger partial charge in [0.1, 0.15) is 16.5 Å². The number of hydrogen-bond donors (Lipinski definition) is 1. The molecule has 25 heavy (non-hydrogen) atoms. The summed E-state index contributed by atoms with van der Waals surface area (Å²) in [5.74, 6) is 2.52. The number of aryl methyl sites for hydroxylation is 2. The van der Waals surface area contributed by atoms with Crippen LogP contribution in [0.1, 0.15) is 48.1 Å². The topological polar surface area (TPSA) is 37.8 Å². The highest BCUT2D eigenvalue weighted by Crippen LogP contribution is 2.40. The molecule has 3 aromatic rings. The highest BCUT2D eigenvalue weighted by molar-refractivity contribution is 7.19. The molecule has 2 unspecified atom stereocenters. The predicted octanol–water partition coefficient (Wildman–Crippen LogP) is 5.95. The van der Waals surface area contributed by atoms with Gasteiger partial charge in [-0.25, -0.2) is 9.97 Å². The highest BCUT2D eigenvalue weighted by atomic mass is 35.5. The first-order chi connectivity index (χ1) is 12.0. The van der Waals surface area contributed by atoms with Crippen LogP contribution < -0.4 is 5.32 Å². The summed E-state index contributed by atoms with van der Waals surface area (Å²) in [6.45, 7) is 6.43. The number of thiophene rings is 1. The zero-order valence-corrected chi connectivity index (χ0v) is 16.3. The van der Waals surface area contributed by atoms with Crippen LogP contribution in [0.5, 0.6) is 0 Å². The van der Waals surface area contributed by atoms with E-state index in [1.807, 2.05) is 36.5 Å². The van der Waals surface area contributed by atoms with Crippen LogP contribution >= 0.6 is 22.9 Å². The minimum Gasteiger partial charge on any atom is -0.363 e. The maximum Gasteiger partial charge on any atom is 0.139 e. The lowest BCUT2D eigenvalue weighted by Crippen LogP contribution is -2.12. The maximum atomic E-state index is 6.37. The molecule has 0 amide bonds. The van der Waals surface area contributed by atoms with E-state index in [0.29, 0.717) is 0 Å². The van der Waals surface area contributed by atoms with Gasteiger partial charge in [-0.15, -0.1) is 11.3 Å². The van der Waals surface area contributed by atoms with Crippen LogP contribution in [0.3, 0.4) is 0 Å². The van der Waals surface area contributed by atoms with E-state index in [9.17, 15) is 0 Å². The second-order valence-corrected chi connectivity index (χ2v) is 8.53. The molecule has 2 atom stereocenters. The number of nitrogens with zero attached hydrogens (tertiary/aromatic N) is 2. The Kier molecular flexibility index (Phi) is 4.42. The smallest absolute Gasteiger partial charge is 0.139 e. The van der Waals surface area contributed by atoms with Gasteiger partial charge in [0.05, 0.1) is 11.4 Å². The van der Waals surface area contributed by atoms with Crippen molar-refractivity contribution in [3.63, 3.8) is 0 Å². The molecule has 3 nitrogen and oxygen atoms in total. The molecule has 0 fully saturated rings. The summed E-state index contributed by atoms with van der Waals surface area (Å²) in [5.41, 5.74) is 2.54. The quantitative estimate of drug-likeness (QED) is 0.618. The number of anilines is 1. The normalized spacial score (nSPS) is 18.2. The molecule has 1 aliphatic rings. The fraction of sp³-hybridized carbons (Fsp3) is 0.400. The Morgan fingerprint density at radius 3 is 2.88 bits per heavy atom. The summed E-state index contributed by atoms with van der Waals surface area (Å²) < 4.78 is 0. The van der Waals surface area contributed by atoms with Crippen molar-refractivity contribution in [3.05, 3.63) is 51.1 Å².